The van der Waals surface area contributed by atoms with Crippen molar-refractivity contribution >= 4 is 10.0 Å². The van der Waals surface area contributed by atoms with Gasteiger partial charge in [0.1, 0.15) is 0 Å². The molecule has 0 radical (unpaired) electrons. The number of hydrogen-bond acceptors (Lipinski definition) is 3. The molecule has 5 nitrogen and oxygen atoms in total. The highest BCUT2D eigenvalue weighted by Gasteiger charge is 2.10. The molecule has 0 bridgehead atoms. The summed E-state index contributed by atoms with van der Waals surface area (Å²) in [6.45, 7) is 4.36. The average Bonchev–Trinajstić information content (AvgIpc) is 2.98. The Morgan fingerprint density at radius 3 is 2.48 bits per heavy atom. The van der Waals surface area contributed by atoms with Crippen LogP contribution >= 0.6 is 0 Å². The second-order valence-electron chi connectivity index (χ2n) is 5.49. The first-order valence-electron chi connectivity index (χ1n) is 7.02. The van der Waals surface area contributed by atoms with Gasteiger partial charge in [-0.3, -0.25) is 5.10 Å². The first-order chi connectivity index (χ1) is 9.96. The molecule has 2 aromatic rings. The molecule has 1 aromatic carbocycles. The predicted octanol–water partition coefficient (Wildman–Crippen LogP) is 2.54. The molecule has 0 saturated carbocycles. The zero-order valence-electron chi connectivity index (χ0n) is 12.3. The lowest BCUT2D eigenvalue weighted by Gasteiger charge is -2.08. The van der Waals surface area contributed by atoms with E-state index in [9.17, 15) is 8.42 Å². The Hall–Kier alpha value is -1.66. The molecule has 1 heterocycles. The second kappa shape index (κ2) is 6.87. The predicted molar refractivity (Wildman–Crippen MR) is 84.1 cm³/mol. The summed E-state index contributed by atoms with van der Waals surface area (Å²) in [5, 5.41) is 6.80. The third-order valence-electron chi connectivity index (χ3n) is 3.23. The van der Waals surface area contributed by atoms with Crippen molar-refractivity contribution in [3.05, 3.63) is 42.1 Å². The third kappa shape index (κ3) is 4.99. The van der Waals surface area contributed by atoms with Gasteiger partial charge in [0.15, 0.2) is 0 Å². The van der Waals surface area contributed by atoms with Crippen molar-refractivity contribution in [2.45, 2.75) is 26.8 Å². The fourth-order valence-corrected chi connectivity index (χ4v) is 3.19. The molecule has 0 spiro atoms. The molecule has 21 heavy (non-hydrogen) atoms. The van der Waals surface area contributed by atoms with Gasteiger partial charge in [0.05, 0.1) is 11.4 Å². The summed E-state index contributed by atoms with van der Waals surface area (Å²) in [6, 6.07) is 9.63. The number of aromatic nitrogens is 2. The van der Waals surface area contributed by atoms with E-state index >= 15 is 0 Å². The summed E-state index contributed by atoms with van der Waals surface area (Å²) in [6.07, 6.45) is 2.38. The Morgan fingerprint density at radius 1 is 1.19 bits per heavy atom. The van der Waals surface area contributed by atoms with E-state index in [-0.39, 0.29) is 5.75 Å². The summed E-state index contributed by atoms with van der Waals surface area (Å²) in [4.78, 5) is 0. The Balaban J connectivity index is 1.92. The Bertz CT molecular complexity index is 647. The molecule has 0 aliphatic rings. The minimum atomic E-state index is -3.19. The van der Waals surface area contributed by atoms with Crippen molar-refractivity contribution < 1.29 is 8.42 Å². The molecular weight excluding hydrogens is 286 g/mol. The number of sulfonamides is 1. The van der Waals surface area contributed by atoms with E-state index in [1.807, 2.05) is 44.2 Å². The fourth-order valence-electron chi connectivity index (χ4n) is 1.88. The van der Waals surface area contributed by atoms with Gasteiger partial charge < -0.3 is 0 Å². The van der Waals surface area contributed by atoms with Crippen molar-refractivity contribution in [3.63, 3.8) is 0 Å². The van der Waals surface area contributed by atoms with Gasteiger partial charge in [-0.05, 0) is 29.5 Å². The van der Waals surface area contributed by atoms with Gasteiger partial charge in [0, 0.05) is 12.7 Å². The number of hydrogen-bond donors (Lipinski definition) is 2. The van der Waals surface area contributed by atoms with Crippen LogP contribution in [0, 0.1) is 5.92 Å². The average molecular weight is 307 g/mol. The van der Waals surface area contributed by atoms with Gasteiger partial charge in [-0.2, -0.15) is 5.10 Å². The van der Waals surface area contributed by atoms with Crippen LogP contribution in [0.4, 0.5) is 0 Å². The molecular formula is C15H21N3O2S. The molecule has 1 aromatic heterocycles. The molecule has 0 fully saturated rings. The highest BCUT2D eigenvalue weighted by molar-refractivity contribution is 7.89. The number of benzene rings is 1. The number of H-pyrrole nitrogens is 1. The third-order valence-corrected chi connectivity index (χ3v) is 4.58. The van der Waals surface area contributed by atoms with Crippen LogP contribution in [0.5, 0.6) is 0 Å². The van der Waals surface area contributed by atoms with Crippen molar-refractivity contribution in [1.82, 2.24) is 14.9 Å². The molecule has 0 unspecified atom stereocenters. The fraction of sp³-hybridized carbons (Fsp3) is 0.400. The lowest BCUT2D eigenvalue weighted by Crippen LogP contribution is -2.26. The lowest BCUT2D eigenvalue weighted by molar-refractivity contribution is 0.561. The molecule has 0 amide bonds. The molecule has 0 saturated heterocycles. The Morgan fingerprint density at radius 2 is 1.90 bits per heavy atom. The van der Waals surface area contributed by atoms with E-state index in [1.54, 1.807) is 6.20 Å². The van der Waals surface area contributed by atoms with Gasteiger partial charge in [-0.25, -0.2) is 13.1 Å². The summed E-state index contributed by atoms with van der Waals surface area (Å²) in [5.41, 5.74) is 2.91. The molecule has 0 atom stereocenters. The maximum Gasteiger partial charge on any atom is 0.211 e. The zero-order valence-corrected chi connectivity index (χ0v) is 13.2. The molecule has 2 rings (SSSR count). The molecule has 0 aliphatic carbocycles. The van der Waals surface area contributed by atoms with Crippen molar-refractivity contribution in [2.24, 2.45) is 5.92 Å². The Kier molecular flexibility index (Phi) is 5.14. The first-order valence-corrected chi connectivity index (χ1v) is 8.67. The van der Waals surface area contributed by atoms with Crippen molar-refractivity contribution in [3.8, 4) is 11.3 Å². The normalized spacial score (nSPS) is 12.0. The lowest BCUT2D eigenvalue weighted by atomic mass is 10.1. The van der Waals surface area contributed by atoms with E-state index in [0.29, 0.717) is 18.9 Å². The zero-order chi connectivity index (χ0) is 15.3. The van der Waals surface area contributed by atoms with E-state index < -0.39 is 10.0 Å². The van der Waals surface area contributed by atoms with E-state index in [4.69, 9.17) is 0 Å². The minimum Gasteiger partial charge on any atom is -0.278 e. The summed E-state index contributed by atoms with van der Waals surface area (Å²) in [5.74, 6) is 0.562. The van der Waals surface area contributed by atoms with Gasteiger partial charge in [0.2, 0.25) is 10.0 Å². The maximum absolute atomic E-state index is 11.8. The van der Waals surface area contributed by atoms with Gasteiger partial charge in [-0.1, -0.05) is 38.1 Å². The molecule has 114 valence electrons. The number of nitrogens with zero attached hydrogens (tertiary/aromatic N) is 1. The highest BCUT2D eigenvalue weighted by atomic mass is 32.2. The number of aromatic amines is 1. The summed E-state index contributed by atoms with van der Waals surface area (Å²) >= 11 is 0. The second-order valence-corrected chi connectivity index (χ2v) is 7.42. The maximum atomic E-state index is 11.8. The first kappa shape index (κ1) is 15.7. The van der Waals surface area contributed by atoms with Crippen LogP contribution in [-0.2, 0) is 16.6 Å². The molecule has 6 heteroatoms. The highest BCUT2D eigenvalue weighted by Crippen LogP contribution is 2.16. The van der Waals surface area contributed by atoms with Gasteiger partial charge >= 0.3 is 0 Å². The Labute approximate surface area is 125 Å². The van der Waals surface area contributed by atoms with E-state index in [0.717, 1.165) is 16.8 Å². The SMILES string of the molecule is CC(C)CCS(=O)(=O)NCc1ccc(-c2ccn[nH]2)cc1. The number of rotatable bonds is 7. The monoisotopic (exact) mass is 307 g/mol. The van der Waals surface area contributed by atoms with Crippen LogP contribution in [0.2, 0.25) is 0 Å². The van der Waals surface area contributed by atoms with E-state index in [1.165, 1.54) is 0 Å². The van der Waals surface area contributed by atoms with Crippen molar-refractivity contribution in [2.75, 3.05) is 5.75 Å². The van der Waals surface area contributed by atoms with Gasteiger partial charge in [0.25, 0.3) is 0 Å². The van der Waals surface area contributed by atoms with Crippen LogP contribution < -0.4 is 4.72 Å². The van der Waals surface area contributed by atoms with Crippen LogP contribution in [-0.4, -0.2) is 24.4 Å². The largest absolute Gasteiger partial charge is 0.278 e. The van der Waals surface area contributed by atoms with Crippen LogP contribution in [0.1, 0.15) is 25.8 Å². The standard InChI is InChI=1S/C15H21N3O2S/c1-12(2)8-10-21(19,20)17-11-13-3-5-14(6-4-13)15-7-9-16-18-15/h3-7,9,12,17H,8,10-11H2,1-2H3,(H,16,18). The number of nitrogens with one attached hydrogen (secondary N) is 2. The van der Waals surface area contributed by atoms with Gasteiger partial charge in [-0.15, -0.1) is 0 Å². The summed E-state index contributed by atoms with van der Waals surface area (Å²) < 4.78 is 26.3. The van der Waals surface area contributed by atoms with Crippen LogP contribution in [0.25, 0.3) is 11.3 Å². The smallest absolute Gasteiger partial charge is 0.211 e. The minimum absolute atomic E-state index is 0.177. The van der Waals surface area contributed by atoms with Crippen LogP contribution in [0.15, 0.2) is 36.5 Å². The van der Waals surface area contributed by atoms with Crippen LogP contribution in [0.3, 0.4) is 0 Å². The molecule has 0 aliphatic heterocycles. The topological polar surface area (TPSA) is 74.8 Å². The molecule has 2 N–H and O–H groups in total. The van der Waals surface area contributed by atoms with Crippen molar-refractivity contribution in [1.29, 1.82) is 0 Å². The summed E-state index contributed by atoms with van der Waals surface area (Å²) in [7, 11) is -3.19. The van der Waals surface area contributed by atoms with E-state index in [2.05, 4.69) is 14.9 Å². The quantitative estimate of drug-likeness (QED) is 0.825.